The fraction of sp³-hybridized carbons (Fsp3) is 0.208. The molecule has 0 atom stereocenters. The Hall–Kier alpha value is -3.36. The molecule has 3 aromatic carbocycles. The zero-order valence-corrected chi connectivity index (χ0v) is 19.4. The first-order valence-electron chi connectivity index (χ1n) is 10.1. The summed E-state index contributed by atoms with van der Waals surface area (Å²) >= 11 is 0. The van der Waals surface area contributed by atoms with Gasteiger partial charge in [-0.1, -0.05) is 42.5 Å². The van der Waals surface area contributed by atoms with Crippen molar-refractivity contribution in [3.8, 4) is 11.5 Å². The maximum Gasteiger partial charge on any atom is 0.304 e. The Morgan fingerprint density at radius 2 is 1.59 bits per heavy atom. The van der Waals surface area contributed by atoms with Gasteiger partial charge in [0.25, 0.3) is 0 Å². The molecule has 7 nitrogen and oxygen atoms in total. The van der Waals surface area contributed by atoms with E-state index in [0.29, 0.717) is 22.9 Å². The van der Waals surface area contributed by atoms with Gasteiger partial charge in [0.2, 0.25) is 5.91 Å². The zero-order chi connectivity index (χ0) is 23.3. The van der Waals surface area contributed by atoms with Gasteiger partial charge in [0.15, 0.2) is 5.75 Å². The molecule has 168 valence electrons. The second kappa shape index (κ2) is 9.84. The quantitative estimate of drug-likeness (QED) is 0.550. The predicted molar refractivity (Wildman–Crippen MR) is 127 cm³/mol. The number of nitrogens with zero attached hydrogens (tertiary/aromatic N) is 2. The van der Waals surface area contributed by atoms with E-state index in [2.05, 4.69) is 5.32 Å². The highest BCUT2D eigenvalue weighted by Crippen LogP contribution is 2.30. The van der Waals surface area contributed by atoms with Crippen molar-refractivity contribution in [3.05, 3.63) is 83.9 Å². The molecule has 0 spiro atoms. The molecular weight excluding hydrogens is 426 g/mol. The monoisotopic (exact) mass is 453 g/mol. The lowest BCUT2D eigenvalue weighted by molar-refractivity contribution is -0.114. The van der Waals surface area contributed by atoms with Crippen LogP contribution in [-0.2, 0) is 15.0 Å². The van der Waals surface area contributed by atoms with Crippen LogP contribution in [0.1, 0.15) is 11.1 Å². The molecule has 0 saturated heterocycles. The summed E-state index contributed by atoms with van der Waals surface area (Å²) in [7, 11) is -1.03. The molecular formula is C24H27N3O4S. The summed E-state index contributed by atoms with van der Waals surface area (Å²) in [5.74, 6) is 0.600. The summed E-state index contributed by atoms with van der Waals surface area (Å²) in [4.78, 5) is 13.0. The van der Waals surface area contributed by atoms with Crippen LogP contribution >= 0.6 is 0 Å². The number of hydrogen-bond acceptors (Lipinski definition) is 4. The molecule has 0 aliphatic carbocycles. The van der Waals surface area contributed by atoms with Gasteiger partial charge < -0.3 is 10.1 Å². The third-order valence-electron chi connectivity index (χ3n) is 4.79. The summed E-state index contributed by atoms with van der Waals surface area (Å²) in [5.41, 5.74) is 2.56. The van der Waals surface area contributed by atoms with Crippen molar-refractivity contribution in [1.82, 2.24) is 4.31 Å². The Kier molecular flexibility index (Phi) is 7.17. The van der Waals surface area contributed by atoms with Gasteiger partial charge >= 0.3 is 10.2 Å². The molecule has 8 heteroatoms. The smallest absolute Gasteiger partial charge is 0.304 e. The Labute approximate surface area is 189 Å². The second-order valence-corrected chi connectivity index (χ2v) is 9.61. The van der Waals surface area contributed by atoms with Crippen LogP contribution < -0.4 is 14.4 Å². The summed E-state index contributed by atoms with van der Waals surface area (Å²) in [6.45, 7) is 3.30. The molecule has 0 aliphatic rings. The largest absolute Gasteiger partial charge is 0.455 e. The van der Waals surface area contributed by atoms with Gasteiger partial charge in [0, 0.05) is 14.1 Å². The fourth-order valence-electron chi connectivity index (χ4n) is 3.07. The summed E-state index contributed by atoms with van der Waals surface area (Å²) in [6, 6.07) is 21.7. The summed E-state index contributed by atoms with van der Waals surface area (Å²) < 4.78 is 34.2. The number of ether oxygens (including phenoxy) is 1. The number of anilines is 2. The van der Waals surface area contributed by atoms with E-state index in [-0.39, 0.29) is 6.54 Å². The maximum absolute atomic E-state index is 13.0. The van der Waals surface area contributed by atoms with Crippen molar-refractivity contribution in [2.75, 3.05) is 30.3 Å². The number of para-hydroxylation sites is 3. The van der Waals surface area contributed by atoms with Crippen LogP contribution in [-0.4, -0.2) is 39.3 Å². The highest BCUT2D eigenvalue weighted by atomic mass is 32.2. The number of amides is 1. The van der Waals surface area contributed by atoms with E-state index in [0.717, 1.165) is 19.7 Å². The number of aryl methyl sites for hydroxylation is 2. The van der Waals surface area contributed by atoms with E-state index >= 15 is 0 Å². The molecule has 3 rings (SSSR count). The molecule has 0 aliphatic heterocycles. The topological polar surface area (TPSA) is 79.0 Å². The first-order chi connectivity index (χ1) is 15.2. The van der Waals surface area contributed by atoms with Crippen LogP contribution in [0.15, 0.2) is 72.8 Å². The molecule has 1 N–H and O–H groups in total. The minimum atomic E-state index is -3.90. The Balaban J connectivity index is 1.88. The lowest BCUT2D eigenvalue weighted by Crippen LogP contribution is -2.44. The molecule has 0 saturated carbocycles. The Morgan fingerprint density at radius 1 is 0.938 bits per heavy atom. The lowest BCUT2D eigenvalue weighted by atomic mass is 10.1. The van der Waals surface area contributed by atoms with Crippen molar-refractivity contribution in [1.29, 1.82) is 0 Å². The molecule has 0 unspecified atom stereocenters. The number of hydrogen-bond donors (Lipinski definition) is 1. The molecule has 0 fully saturated rings. The van der Waals surface area contributed by atoms with Crippen LogP contribution in [0.5, 0.6) is 11.5 Å². The van der Waals surface area contributed by atoms with Crippen molar-refractivity contribution in [2.45, 2.75) is 13.8 Å². The van der Waals surface area contributed by atoms with E-state index in [1.807, 2.05) is 56.3 Å². The second-order valence-electron chi connectivity index (χ2n) is 7.55. The van der Waals surface area contributed by atoms with E-state index < -0.39 is 16.1 Å². The standard InChI is InChI=1S/C24H27N3O4S/c1-18-14-15-19(2)22(16-18)27(32(29,30)26(3)4)17-24(28)25-21-12-8-9-13-23(21)31-20-10-6-5-7-11-20/h5-16H,17H2,1-4H3,(H,25,28). The minimum absolute atomic E-state index is 0.384. The van der Waals surface area contributed by atoms with E-state index in [1.165, 1.54) is 14.1 Å². The van der Waals surface area contributed by atoms with E-state index in [4.69, 9.17) is 4.74 Å². The number of rotatable bonds is 8. The normalized spacial score (nSPS) is 11.3. The molecule has 1 amide bonds. The Bertz CT molecular complexity index is 1190. The van der Waals surface area contributed by atoms with Crippen LogP contribution in [0.25, 0.3) is 0 Å². The predicted octanol–water partition coefficient (Wildman–Crippen LogP) is 4.35. The van der Waals surface area contributed by atoms with Crippen molar-refractivity contribution >= 4 is 27.5 Å². The molecule has 0 radical (unpaired) electrons. The van der Waals surface area contributed by atoms with Gasteiger partial charge in [0.05, 0.1) is 11.4 Å². The van der Waals surface area contributed by atoms with Crippen LogP contribution in [0.3, 0.4) is 0 Å². The van der Waals surface area contributed by atoms with Gasteiger partial charge in [0.1, 0.15) is 12.3 Å². The first kappa shape index (κ1) is 23.3. The van der Waals surface area contributed by atoms with Gasteiger partial charge in [-0.2, -0.15) is 12.7 Å². The van der Waals surface area contributed by atoms with Crippen LogP contribution in [0, 0.1) is 13.8 Å². The van der Waals surface area contributed by atoms with Crippen LogP contribution in [0.2, 0.25) is 0 Å². The number of carbonyl (C=O) groups is 1. The van der Waals surface area contributed by atoms with Gasteiger partial charge in [-0.25, -0.2) is 4.31 Å². The third-order valence-corrected chi connectivity index (χ3v) is 6.60. The summed E-state index contributed by atoms with van der Waals surface area (Å²) in [6.07, 6.45) is 0. The fourth-order valence-corrected chi connectivity index (χ4v) is 4.19. The molecule has 32 heavy (non-hydrogen) atoms. The summed E-state index contributed by atoms with van der Waals surface area (Å²) in [5, 5.41) is 2.79. The van der Waals surface area contributed by atoms with Gasteiger partial charge in [-0.05, 0) is 55.3 Å². The van der Waals surface area contributed by atoms with Gasteiger partial charge in [-0.3, -0.25) is 4.79 Å². The third kappa shape index (κ3) is 5.46. The number of benzene rings is 3. The van der Waals surface area contributed by atoms with Crippen molar-refractivity contribution in [2.24, 2.45) is 0 Å². The maximum atomic E-state index is 13.0. The van der Waals surface area contributed by atoms with E-state index in [1.54, 1.807) is 30.3 Å². The highest BCUT2D eigenvalue weighted by Gasteiger charge is 2.28. The molecule has 3 aromatic rings. The first-order valence-corrected chi connectivity index (χ1v) is 11.5. The SMILES string of the molecule is Cc1ccc(C)c(N(CC(=O)Nc2ccccc2Oc2ccccc2)S(=O)(=O)N(C)C)c1. The van der Waals surface area contributed by atoms with Gasteiger partial charge in [-0.15, -0.1) is 0 Å². The van der Waals surface area contributed by atoms with E-state index in [9.17, 15) is 13.2 Å². The average Bonchev–Trinajstić information content (AvgIpc) is 2.76. The molecule has 0 bridgehead atoms. The highest BCUT2D eigenvalue weighted by molar-refractivity contribution is 7.90. The lowest BCUT2D eigenvalue weighted by Gasteiger charge is -2.28. The number of nitrogens with one attached hydrogen (secondary N) is 1. The number of carbonyl (C=O) groups excluding carboxylic acids is 1. The minimum Gasteiger partial charge on any atom is -0.455 e. The van der Waals surface area contributed by atoms with Crippen molar-refractivity contribution < 1.29 is 17.9 Å². The molecule has 0 aromatic heterocycles. The van der Waals surface area contributed by atoms with Crippen molar-refractivity contribution in [3.63, 3.8) is 0 Å². The Morgan fingerprint density at radius 3 is 2.28 bits per heavy atom. The molecule has 0 heterocycles. The zero-order valence-electron chi connectivity index (χ0n) is 18.6. The van der Waals surface area contributed by atoms with Crippen LogP contribution in [0.4, 0.5) is 11.4 Å². The average molecular weight is 454 g/mol.